The van der Waals surface area contributed by atoms with E-state index in [0.717, 1.165) is 17.8 Å². The molecular weight excluding hydrogens is 134 g/mol. The third-order valence-electron chi connectivity index (χ3n) is 3.44. The average Bonchev–Trinajstić information content (AvgIpc) is 2.67. The molecule has 1 aliphatic heterocycles. The fraction of sp³-hybridized carbons (Fsp3) is 1.00. The van der Waals surface area contributed by atoms with E-state index in [-0.39, 0.29) is 0 Å². The molecule has 1 aliphatic carbocycles. The third-order valence-corrected chi connectivity index (χ3v) is 3.44. The van der Waals surface area contributed by atoms with Crippen molar-refractivity contribution >= 4 is 0 Å². The van der Waals surface area contributed by atoms with Crippen LogP contribution >= 0.6 is 0 Å². The van der Waals surface area contributed by atoms with Crippen LogP contribution in [0.15, 0.2) is 0 Å². The van der Waals surface area contributed by atoms with Gasteiger partial charge in [0, 0.05) is 6.54 Å². The van der Waals surface area contributed by atoms with E-state index in [1.807, 2.05) is 0 Å². The van der Waals surface area contributed by atoms with Gasteiger partial charge >= 0.3 is 0 Å². The zero-order valence-corrected chi connectivity index (χ0v) is 7.71. The Morgan fingerprint density at radius 1 is 1.36 bits per heavy atom. The Morgan fingerprint density at radius 3 is 2.64 bits per heavy atom. The summed E-state index contributed by atoms with van der Waals surface area (Å²) in [6.07, 6.45) is 4.45. The molecule has 1 heterocycles. The van der Waals surface area contributed by atoms with Gasteiger partial charge in [-0.05, 0) is 50.6 Å². The van der Waals surface area contributed by atoms with E-state index in [1.165, 1.54) is 32.4 Å². The smallest absolute Gasteiger partial charge is 0.000937 e. The SMILES string of the molecule is CC1C[C@@H]1C1CCCN(C)C1. The van der Waals surface area contributed by atoms with Crippen molar-refractivity contribution in [1.29, 1.82) is 0 Å². The number of piperidine rings is 1. The minimum atomic E-state index is 1.05. The monoisotopic (exact) mass is 153 g/mol. The second-order valence-corrected chi connectivity index (χ2v) is 4.54. The lowest BCUT2D eigenvalue weighted by Gasteiger charge is -2.29. The number of rotatable bonds is 1. The molecule has 11 heavy (non-hydrogen) atoms. The Balaban J connectivity index is 1.84. The lowest BCUT2D eigenvalue weighted by atomic mass is 9.93. The molecule has 0 radical (unpaired) electrons. The molecule has 64 valence electrons. The Kier molecular flexibility index (Phi) is 1.92. The quantitative estimate of drug-likeness (QED) is 0.557. The Hall–Kier alpha value is -0.0400. The highest BCUT2D eigenvalue weighted by Crippen LogP contribution is 2.46. The molecule has 2 rings (SSSR count). The van der Waals surface area contributed by atoms with Crippen LogP contribution in [-0.2, 0) is 0 Å². The van der Waals surface area contributed by atoms with Crippen LogP contribution in [0.4, 0.5) is 0 Å². The zero-order chi connectivity index (χ0) is 7.84. The van der Waals surface area contributed by atoms with Crippen molar-refractivity contribution in [3.8, 4) is 0 Å². The summed E-state index contributed by atoms with van der Waals surface area (Å²) in [4.78, 5) is 2.50. The predicted octanol–water partition coefficient (Wildman–Crippen LogP) is 1.98. The zero-order valence-electron chi connectivity index (χ0n) is 7.71. The van der Waals surface area contributed by atoms with Gasteiger partial charge in [0.25, 0.3) is 0 Å². The second kappa shape index (κ2) is 2.78. The Labute approximate surface area is 69.8 Å². The van der Waals surface area contributed by atoms with Crippen LogP contribution in [0.2, 0.25) is 0 Å². The summed E-state index contributed by atoms with van der Waals surface area (Å²) in [5.74, 6) is 3.19. The lowest BCUT2D eigenvalue weighted by Crippen LogP contribution is -2.33. The van der Waals surface area contributed by atoms with Gasteiger partial charge in [-0.3, -0.25) is 0 Å². The van der Waals surface area contributed by atoms with E-state index in [2.05, 4.69) is 18.9 Å². The molecule has 2 unspecified atom stereocenters. The van der Waals surface area contributed by atoms with Gasteiger partial charge in [-0.25, -0.2) is 0 Å². The summed E-state index contributed by atoms with van der Waals surface area (Å²) < 4.78 is 0. The highest BCUT2D eigenvalue weighted by Gasteiger charge is 2.40. The summed E-state index contributed by atoms with van der Waals surface area (Å²) in [5, 5.41) is 0. The molecule has 1 heteroatoms. The molecule has 0 bridgehead atoms. The first-order chi connectivity index (χ1) is 5.27. The first kappa shape index (κ1) is 7.60. The molecule has 0 aromatic rings. The van der Waals surface area contributed by atoms with Gasteiger partial charge in [-0.1, -0.05) is 6.92 Å². The van der Waals surface area contributed by atoms with Gasteiger partial charge in [0.05, 0.1) is 0 Å². The average molecular weight is 153 g/mol. The van der Waals surface area contributed by atoms with E-state index in [0.29, 0.717) is 0 Å². The van der Waals surface area contributed by atoms with Crippen molar-refractivity contribution in [2.24, 2.45) is 17.8 Å². The fourth-order valence-electron chi connectivity index (χ4n) is 2.56. The van der Waals surface area contributed by atoms with E-state index in [4.69, 9.17) is 0 Å². The molecule has 0 spiro atoms. The van der Waals surface area contributed by atoms with Crippen molar-refractivity contribution in [3.05, 3.63) is 0 Å². The van der Waals surface area contributed by atoms with Gasteiger partial charge in [-0.15, -0.1) is 0 Å². The lowest BCUT2D eigenvalue weighted by molar-refractivity contribution is 0.189. The Morgan fingerprint density at radius 2 is 2.09 bits per heavy atom. The van der Waals surface area contributed by atoms with E-state index in [1.54, 1.807) is 0 Å². The van der Waals surface area contributed by atoms with Crippen molar-refractivity contribution in [2.45, 2.75) is 26.2 Å². The van der Waals surface area contributed by atoms with Crippen LogP contribution < -0.4 is 0 Å². The van der Waals surface area contributed by atoms with Crippen LogP contribution in [0, 0.1) is 17.8 Å². The molecule has 2 aliphatic rings. The summed E-state index contributed by atoms with van der Waals surface area (Å²) in [6.45, 7) is 5.10. The summed E-state index contributed by atoms with van der Waals surface area (Å²) in [5.41, 5.74) is 0. The highest BCUT2D eigenvalue weighted by molar-refractivity contribution is 4.90. The largest absolute Gasteiger partial charge is 0.306 e. The van der Waals surface area contributed by atoms with Crippen molar-refractivity contribution in [1.82, 2.24) is 4.90 Å². The summed E-state index contributed by atoms with van der Waals surface area (Å²) >= 11 is 0. The van der Waals surface area contributed by atoms with Crippen LogP contribution in [0.5, 0.6) is 0 Å². The molecule has 0 aromatic carbocycles. The number of nitrogens with zero attached hydrogens (tertiary/aromatic N) is 1. The third kappa shape index (κ3) is 1.58. The molecule has 1 saturated carbocycles. The standard InChI is InChI=1S/C10H19N/c1-8-6-10(8)9-4-3-5-11(2)7-9/h8-10H,3-7H2,1-2H3/t8?,9?,10-/m0/s1. The maximum Gasteiger partial charge on any atom is 0.000937 e. The van der Waals surface area contributed by atoms with Gasteiger partial charge in [0.2, 0.25) is 0 Å². The molecule has 2 fully saturated rings. The van der Waals surface area contributed by atoms with Crippen molar-refractivity contribution in [2.75, 3.05) is 20.1 Å². The molecule has 1 saturated heterocycles. The molecule has 3 atom stereocenters. The van der Waals surface area contributed by atoms with Crippen molar-refractivity contribution < 1.29 is 0 Å². The number of hydrogen-bond acceptors (Lipinski definition) is 1. The molecular formula is C10H19N. The minimum Gasteiger partial charge on any atom is -0.306 e. The van der Waals surface area contributed by atoms with Gasteiger partial charge in [0.1, 0.15) is 0 Å². The number of hydrogen-bond donors (Lipinski definition) is 0. The topological polar surface area (TPSA) is 3.24 Å². The fourth-order valence-corrected chi connectivity index (χ4v) is 2.56. The van der Waals surface area contributed by atoms with E-state index in [9.17, 15) is 0 Å². The van der Waals surface area contributed by atoms with E-state index < -0.39 is 0 Å². The predicted molar refractivity (Wildman–Crippen MR) is 47.5 cm³/mol. The maximum absolute atomic E-state index is 2.50. The van der Waals surface area contributed by atoms with Crippen LogP contribution in [-0.4, -0.2) is 25.0 Å². The molecule has 0 aromatic heterocycles. The minimum absolute atomic E-state index is 1.05. The van der Waals surface area contributed by atoms with E-state index >= 15 is 0 Å². The first-order valence-electron chi connectivity index (χ1n) is 4.96. The highest BCUT2D eigenvalue weighted by atomic mass is 15.1. The number of likely N-dealkylation sites (tertiary alicyclic amines) is 1. The normalized spacial score (nSPS) is 45.8. The first-order valence-corrected chi connectivity index (χ1v) is 4.96. The summed E-state index contributed by atoms with van der Waals surface area (Å²) in [6, 6.07) is 0. The summed E-state index contributed by atoms with van der Waals surface area (Å²) in [7, 11) is 2.26. The van der Waals surface area contributed by atoms with Crippen molar-refractivity contribution in [3.63, 3.8) is 0 Å². The van der Waals surface area contributed by atoms with Gasteiger partial charge < -0.3 is 4.90 Å². The molecule has 0 N–H and O–H groups in total. The maximum atomic E-state index is 2.50. The Bertz CT molecular complexity index is 144. The van der Waals surface area contributed by atoms with Crippen LogP contribution in [0.3, 0.4) is 0 Å². The van der Waals surface area contributed by atoms with Crippen LogP contribution in [0.25, 0.3) is 0 Å². The second-order valence-electron chi connectivity index (χ2n) is 4.54. The van der Waals surface area contributed by atoms with Gasteiger partial charge in [0.15, 0.2) is 0 Å². The van der Waals surface area contributed by atoms with Gasteiger partial charge in [-0.2, -0.15) is 0 Å². The molecule has 1 nitrogen and oxygen atoms in total. The molecule has 0 amide bonds. The van der Waals surface area contributed by atoms with Crippen LogP contribution in [0.1, 0.15) is 26.2 Å².